The largest absolute Gasteiger partial charge is 0.477 e. The van der Waals surface area contributed by atoms with Crippen LogP contribution in [0, 0.1) is 0 Å². The van der Waals surface area contributed by atoms with E-state index >= 15 is 0 Å². The van der Waals surface area contributed by atoms with Crippen LogP contribution in [0.2, 0.25) is 0 Å². The van der Waals surface area contributed by atoms with Crippen molar-refractivity contribution in [1.82, 2.24) is 4.68 Å². The van der Waals surface area contributed by atoms with Gasteiger partial charge in [-0.2, -0.15) is 8.78 Å². The zero-order valence-electron chi connectivity index (χ0n) is 18.6. The number of aromatic nitrogens is 1. The number of hydrogen-bond donors (Lipinski definition) is 1. The van der Waals surface area contributed by atoms with E-state index in [0.29, 0.717) is 30.0 Å². The number of nitrogens with zero attached hydrogens (tertiary/aromatic N) is 2. The molecule has 0 aliphatic carbocycles. The minimum Gasteiger partial charge on any atom is -0.477 e. The van der Waals surface area contributed by atoms with Crippen LogP contribution >= 0.6 is 0 Å². The molecule has 0 spiro atoms. The number of carboxylic acid groups (broad SMARTS) is 1. The maximum Gasteiger partial charge on any atom is 0.387 e. The minimum absolute atomic E-state index is 0.0480. The molecule has 2 aliphatic heterocycles. The Morgan fingerprint density at radius 1 is 1.27 bits per heavy atom. The number of hydrogen-bond acceptors (Lipinski definition) is 6. The Hall–Kier alpha value is -2.98. The van der Waals surface area contributed by atoms with Crippen LogP contribution in [-0.4, -0.2) is 48.2 Å². The van der Waals surface area contributed by atoms with Gasteiger partial charge >= 0.3 is 12.6 Å². The number of ether oxygens (including phenoxy) is 3. The molecule has 1 aromatic carbocycles. The summed E-state index contributed by atoms with van der Waals surface area (Å²) < 4.78 is 43.4. The first-order chi connectivity index (χ1) is 15.6. The van der Waals surface area contributed by atoms with Crippen molar-refractivity contribution < 1.29 is 32.9 Å². The van der Waals surface area contributed by atoms with E-state index in [4.69, 9.17) is 14.2 Å². The van der Waals surface area contributed by atoms with E-state index in [0.717, 1.165) is 18.4 Å². The first-order valence-electron chi connectivity index (χ1n) is 10.6. The number of fused-ring (bicyclic) bond motifs is 6. The molecule has 2 aromatic rings. The molecule has 178 valence electrons. The fourth-order valence-electron chi connectivity index (χ4n) is 4.73. The number of methoxy groups -OCH3 is 1. The number of carbonyl (C=O) groups is 1. The van der Waals surface area contributed by atoms with E-state index in [2.05, 4.69) is 5.01 Å². The molecule has 2 aliphatic rings. The highest BCUT2D eigenvalue weighted by atomic mass is 19.3. The Kier molecular flexibility index (Phi) is 6.15. The molecule has 1 saturated heterocycles. The molecule has 0 unspecified atom stereocenters. The molecule has 0 radical (unpaired) electrons. The molecule has 10 heteroatoms. The number of pyridine rings is 1. The molecule has 1 fully saturated rings. The fourth-order valence-corrected chi connectivity index (χ4v) is 4.73. The van der Waals surface area contributed by atoms with Crippen LogP contribution in [0.1, 0.15) is 54.2 Å². The smallest absolute Gasteiger partial charge is 0.387 e. The third-order valence-corrected chi connectivity index (χ3v) is 6.21. The molecule has 1 atom stereocenters. The summed E-state index contributed by atoms with van der Waals surface area (Å²) in [5, 5.41) is 11.5. The van der Waals surface area contributed by atoms with Crippen molar-refractivity contribution >= 4 is 5.97 Å². The van der Waals surface area contributed by atoms with Crippen LogP contribution in [0.3, 0.4) is 0 Å². The van der Waals surface area contributed by atoms with Gasteiger partial charge in [0.05, 0.1) is 37.1 Å². The molecule has 1 aromatic heterocycles. The van der Waals surface area contributed by atoms with E-state index in [1.807, 2.05) is 13.8 Å². The quantitative estimate of drug-likeness (QED) is 0.598. The lowest BCUT2D eigenvalue weighted by molar-refractivity contribution is -0.0515. The third-order valence-electron chi connectivity index (χ3n) is 6.21. The van der Waals surface area contributed by atoms with Gasteiger partial charge in [-0.1, -0.05) is 0 Å². The topological polar surface area (TPSA) is 90.2 Å². The summed E-state index contributed by atoms with van der Waals surface area (Å²) in [4.78, 5) is 24.1. The number of halogens is 2. The Labute approximate surface area is 189 Å². The summed E-state index contributed by atoms with van der Waals surface area (Å²) in [6, 6.07) is 4.39. The fraction of sp³-hybridized carbons (Fsp3) is 0.478. The van der Waals surface area contributed by atoms with Gasteiger partial charge in [-0.25, -0.2) is 4.79 Å². The van der Waals surface area contributed by atoms with Gasteiger partial charge in [-0.05, 0) is 44.4 Å². The van der Waals surface area contributed by atoms with Crippen molar-refractivity contribution in [2.75, 3.05) is 25.3 Å². The Morgan fingerprint density at radius 3 is 2.70 bits per heavy atom. The van der Waals surface area contributed by atoms with Crippen LogP contribution in [0.15, 0.2) is 29.2 Å². The molecule has 3 heterocycles. The zero-order chi connectivity index (χ0) is 23.9. The molecular formula is C23H26F2N2O6. The van der Waals surface area contributed by atoms with Crippen LogP contribution in [-0.2, 0) is 16.1 Å². The Balaban J connectivity index is 1.90. The third kappa shape index (κ3) is 4.20. The zero-order valence-corrected chi connectivity index (χ0v) is 18.6. The van der Waals surface area contributed by atoms with Crippen molar-refractivity contribution in [2.24, 2.45) is 0 Å². The maximum atomic E-state index is 13.2. The van der Waals surface area contributed by atoms with Gasteiger partial charge < -0.3 is 19.3 Å². The monoisotopic (exact) mass is 464 g/mol. The van der Waals surface area contributed by atoms with Crippen LogP contribution in [0.5, 0.6) is 5.75 Å². The van der Waals surface area contributed by atoms with Gasteiger partial charge in [0.25, 0.3) is 0 Å². The number of carboxylic acids is 1. The number of aromatic carboxylic acids is 1. The van der Waals surface area contributed by atoms with Crippen molar-refractivity contribution in [2.45, 2.75) is 51.5 Å². The predicted octanol–water partition coefficient (Wildman–Crippen LogP) is 3.54. The number of rotatable bonds is 8. The van der Waals surface area contributed by atoms with Gasteiger partial charge in [0.2, 0.25) is 0 Å². The lowest BCUT2D eigenvalue weighted by atomic mass is 9.92. The van der Waals surface area contributed by atoms with Gasteiger partial charge in [0.1, 0.15) is 11.3 Å². The molecule has 0 amide bonds. The van der Waals surface area contributed by atoms with Crippen LogP contribution in [0.25, 0.3) is 11.3 Å². The van der Waals surface area contributed by atoms with Crippen molar-refractivity contribution in [1.29, 1.82) is 0 Å². The van der Waals surface area contributed by atoms with Gasteiger partial charge in [-0.15, -0.1) is 0 Å². The summed E-state index contributed by atoms with van der Waals surface area (Å²) in [6.07, 6.45) is 2.91. The SMILES string of the molecule is COCCOCc1cc2c(cc1OC(F)F)-c1cc(=O)c(C(=O)O)cn1N1[C@@H]2CCC1(C)C. The predicted molar refractivity (Wildman–Crippen MR) is 116 cm³/mol. The van der Waals surface area contributed by atoms with Crippen LogP contribution in [0.4, 0.5) is 8.78 Å². The van der Waals surface area contributed by atoms with E-state index < -0.39 is 18.0 Å². The molecule has 1 N–H and O–H groups in total. The Morgan fingerprint density at radius 2 is 2.03 bits per heavy atom. The van der Waals surface area contributed by atoms with Gasteiger partial charge in [-0.3, -0.25) is 14.5 Å². The second-order valence-corrected chi connectivity index (χ2v) is 8.77. The molecule has 8 nitrogen and oxygen atoms in total. The Bertz CT molecular complexity index is 1130. The van der Waals surface area contributed by atoms with Gasteiger partial charge in [0, 0.05) is 30.5 Å². The lowest BCUT2D eigenvalue weighted by Crippen LogP contribution is -2.50. The second kappa shape index (κ2) is 8.75. The molecule has 4 rings (SSSR count). The highest BCUT2D eigenvalue weighted by Crippen LogP contribution is 2.49. The molecular weight excluding hydrogens is 438 g/mol. The normalized spacial score (nSPS) is 18.1. The van der Waals surface area contributed by atoms with E-state index in [1.165, 1.54) is 18.3 Å². The van der Waals surface area contributed by atoms with E-state index in [-0.39, 0.29) is 29.5 Å². The lowest BCUT2D eigenvalue weighted by Gasteiger charge is -2.44. The number of benzene rings is 1. The van der Waals surface area contributed by atoms with Gasteiger partial charge in [0.15, 0.2) is 5.43 Å². The highest BCUT2D eigenvalue weighted by molar-refractivity contribution is 5.88. The summed E-state index contributed by atoms with van der Waals surface area (Å²) in [5.41, 5.74) is 0.975. The molecule has 0 saturated carbocycles. The van der Waals surface area contributed by atoms with E-state index in [1.54, 1.807) is 17.9 Å². The summed E-state index contributed by atoms with van der Waals surface area (Å²) in [7, 11) is 1.54. The summed E-state index contributed by atoms with van der Waals surface area (Å²) in [6.45, 7) is 1.76. The first kappa shape index (κ1) is 23.2. The standard InChI is InChI=1S/C23H26F2N2O6/c1-23(2)5-4-17-14-8-13(12-32-7-6-31-3)20(33-22(24)25)9-15(14)18-10-19(28)16(21(29)30)11-26(18)27(17)23/h8-11,17,22H,4-7,12H2,1-3H3,(H,29,30)/t17-/m1/s1. The maximum absolute atomic E-state index is 13.2. The summed E-state index contributed by atoms with van der Waals surface area (Å²) >= 11 is 0. The number of alkyl halides is 2. The van der Waals surface area contributed by atoms with Crippen molar-refractivity contribution in [3.8, 4) is 17.0 Å². The average Bonchev–Trinajstić information content (AvgIpc) is 3.06. The molecule has 33 heavy (non-hydrogen) atoms. The van der Waals surface area contributed by atoms with Crippen molar-refractivity contribution in [3.63, 3.8) is 0 Å². The average molecular weight is 464 g/mol. The van der Waals surface area contributed by atoms with E-state index in [9.17, 15) is 23.5 Å². The second-order valence-electron chi connectivity index (χ2n) is 8.77. The van der Waals surface area contributed by atoms with Crippen LogP contribution < -0.4 is 15.2 Å². The molecule has 0 bridgehead atoms. The highest BCUT2D eigenvalue weighted by Gasteiger charge is 2.45. The van der Waals surface area contributed by atoms with Crippen molar-refractivity contribution in [3.05, 3.63) is 51.3 Å². The minimum atomic E-state index is -3.04. The summed E-state index contributed by atoms with van der Waals surface area (Å²) in [5.74, 6) is -1.37. The first-order valence-corrected chi connectivity index (χ1v) is 10.6.